The molecule has 1 heterocycles. The summed E-state index contributed by atoms with van der Waals surface area (Å²) in [5, 5.41) is 14.1. The van der Waals surface area contributed by atoms with E-state index in [2.05, 4.69) is 12.0 Å². The molecule has 1 aromatic carbocycles. The largest absolute Gasteiger partial charge is 0.443 e. The van der Waals surface area contributed by atoms with Gasteiger partial charge in [0.05, 0.1) is 12.3 Å². The Balaban J connectivity index is 2.26. The number of hydrogen-bond donors (Lipinski definition) is 0. The minimum absolute atomic E-state index is 0.0957. The molecule has 0 N–H and O–H groups in total. The van der Waals surface area contributed by atoms with Gasteiger partial charge in [0, 0.05) is 11.1 Å². The summed E-state index contributed by atoms with van der Waals surface area (Å²) in [6.45, 7) is 7.95. The second kappa shape index (κ2) is 7.88. The molecule has 0 atom stereocenters. The van der Waals surface area contributed by atoms with Gasteiger partial charge in [0.2, 0.25) is 0 Å². The molecule has 0 fully saturated rings. The molecule has 0 spiro atoms. The lowest BCUT2D eigenvalue weighted by atomic mass is 10.2. The molecule has 1 amide bonds. The minimum atomic E-state index is -0.632. The van der Waals surface area contributed by atoms with E-state index >= 15 is 0 Å². The van der Waals surface area contributed by atoms with Crippen molar-refractivity contribution in [1.29, 1.82) is 5.26 Å². The first-order valence-electron chi connectivity index (χ1n) is 8.34. The number of amides is 1. The predicted octanol–water partition coefficient (Wildman–Crippen LogP) is 3.53. The van der Waals surface area contributed by atoms with E-state index in [0.717, 1.165) is 23.7 Å². The number of carbonyl (C=O) groups is 1. The highest BCUT2D eigenvalue weighted by Crippen LogP contribution is 2.23. The molecule has 0 aliphatic heterocycles. The molecule has 7 nitrogen and oxygen atoms in total. The number of ether oxygens (including phenoxy) is 1. The number of nitrogens with zero attached hydrogens (tertiary/aromatic N) is 4. The first-order valence-corrected chi connectivity index (χ1v) is 8.34. The summed E-state index contributed by atoms with van der Waals surface area (Å²) in [7, 11) is 0. The molecular weight excluding hydrogens is 320 g/mol. The van der Waals surface area contributed by atoms with E-state index < -0.39 is 11.7 Å². The van der Waals surface area contributed by atoms with Crippen molar-refractivity contribution in [3.8, 4) is 6.07 Å². The number of benzene rings is 1. The Morgan fingerprint density at radius 1 is 1.40 bits per heavy atom. The smallest absolute Gasteiger partial charge is 0.415 e. The lowest BCUT2D eigenvalue weighted by molar-refractivity contribution is 0.0585. The Morgan fingerprint density at radius 3 is 2.80 bits per heavy atom. The first-order chi connectivity index (χ1) is 11.9. The van der Waals surface area contributed by atoms with Crippen molar-refractivity contribution in [2.45, 2.75) is 46.1 Å². The van der Waals surface area contributed by atoms with E-state index in [0.29, 0.717) is 12.3 Å². The summed E-state index contributed by atoms with van der Waals surface area (Å²) in [6.07, 6.45) is 3.11. The van der Waals surface area contributed by atoms with Gasteiger partial charge in [0.1, 0.15) is 24.3 Å². The highest BCUT2D eigenvalue weighted by molar-refractivity contribution is 5.92. The Labute approximate surface area is 147 Å². The van der Waals surface area contributed by atoms with Gasteiger partial charge in [-0.25, -0.2) is 4.79 Å². The van der Waals surface area contributed by atoms with Crippen LogP contribution in [0, 0.1) is 11.3 Å². The first kappa shape index (κ1) is 18.6. The summed E-state index contributed by atoms with van der Waals surface area (Å²) in [6, 6.07) is 7.37. The van der Waals surface area contributed by atoms with Crippen LogP contribution in [0.25, 0.3) is 10.9 Å². The predicted molar refractivity (Wildman–Crippen MR) is 95.3 cm³/mol. The third-order valence-corrected chi connectivity index (χ3v) is 3.38. The third kappa shape index (κ3) is 4.86. The standard InChI is InChI=1S/C18H24N4O3/c1-5-6-11-24-22-16-8-7-15(12-14(16)13-20-22)21(10-9-19)17(23)25-18(2,3)4/h7-8,12-13H,5-6,10-11H2,1-4H3. The molecule has 0 bridgehead atoms. The number of rotatable bonds is 6. The van der Waals surface area contributed by atoms with Crippen LogP contribution in [0.2, 0.25) is 0 Å². The van der Waals surface area contributed by atoms with Crippen LogP contribution in [0.4, 0.5) is 10.5 Å². The SMILES string of the molecule is CCCCOn1ncc2cc(N(CC#N)C(=O)OC(C)(C)C)ccc21. The number of aromatic nitrogens is 2. The van der Waals surface area contributed by atoms with Gasteiger partial charge in [-0.05, 0) is 45.4 Å². The molecule has 0 radical (unpaired) electrons. The molecule has 0 aliphatic rings. The summed E-state index contributed by atoms with van der Waals surface area (Å²) >= 11 is 0. The molecule has 25 heavy (non-hydrogen) atoms. The van der Waals surface area contributed by atoms with Crippen molar-refractivity contribution in [2.24, 2.45) is 0 Å². The van der Waals surface area contributed by atoms with E-state index in [-0.39, 0.29) is 6.54 Å². The summed E-state index contributed by atoms with van der Waals surface area (Å²) < 4.78 is 5.38. The Bertz CT molecular complexity index is 771. The maximum atomic E-state index is 12.4. The van der Waals surface area contributed by atoms with Crippen LogP contribution >= 0.6 is 0 Å². The Kier molecular flexibility index (Phi) is 5.86. The van der Waals surface area contributed by atoms with Crippen molar-refractivity contribution in [2.75, 3.05) is 18.1 Å². The topological polar surface area (TPSA) is 80.4 Å². The van der Waals surface area contributed by atoms with Crippen LogP contribution in [0.5, 0.6) is 0 Å². The average Bonchev–Trinajstić information content (AvgIpc) is 2.93. The lowest BCUT2D eigenvalue weighted by Crippen LogP contribution is -2.37. The fourth-order valence-electron chi connectivity index (χ4n) is 2.21. The summed E-state index contributed by atoms with van der Waals surface area (Å²) in [4.78, 5) is 20.8. The van der Waals surface area contributed by atoms with Gasteiger partial charge in [-0.1, -0.05) is 18.2 Å². The van der Waals surface area contributed by atoms with E-state index in [9.17, 15) is 4.79 Å². The molecule has 1 aromatic heterocycles. The van der Waals surface area contributed by atoms with Crippen LogP contribution in [0.3, 0.4) is 0 Å². The molecule has 0 saturated heterocycles. The number of nitriles is 1. The maximum absolute atomic E-state index is 12.4. The van der Waals surface area contributed by atoms with E-state index in [4.69, 9.17) is 14.8 Å². The zero-order chi connectivity index (χ0) is 18.4. The zero-order valence-electron chi connectivity index (χ0n) is 15.2. The van der Waals surface area contributed by atoms with Gasteiger partial charge in [-0.3, -0.25) is 4.90 Å². The fraction of sp³-hybridized carbons (Fsp3) is 0.500. The van der Waals surface area contributed by atoms with Gasteiger partial charge in [-0.15, -0.1) is 5.10 Å². The Morgan fingerprint density at radius 2 is 2.16 bits per heavy atom. The van der Waals surface area contributed by atoms with Crippen molar-refractivity contribution in [3.05, 3.63) is 24.4 Å². The van der Waals surface area contributed by atoms with Crippen LogP contribution < -0.4 is 9.74 Å². The molecule has 134 valence electrons. The Hall–Kier alpha value is -2.75. The van der Waals surface area contributed by atoms with Crippen molar-refractivity contribution < 1.29 is 14.4 Å². The average molecular weight is 344 g/mol. The second-order valence-electron chi connectivity index (χ2n) is 6.67. The molecule has 7 heteroatoms. The molecule has 0 aliphatic carbocycles. The van der Waals surface area contributed by atoms with Gasteiger partial charge in [0.25, 0.3) is 0 Å². The van der Waals surface area contributed by atoms with Crippen molar-refractivity contribution in [1.82, 2.24) is 9.94 Å². The van der Waals surface area contributed by atoms with E-state index in [1.165, 1.54) is 9.75 Å². The molecule has 0 saturated carbocycles. The monoisotopic (exact) mass is 344 g/mol. The maximum Gasteiger partial charge on any atom is 0.415 e. The lowest BCUT2D eigenvalue weighted by Gasteiger charge is -2.25. The van der Waals surface area contributed by atoms with Gasteiger partial charge in [-0.2, -0.15) is 5.26 Å². The summed E-state index contributed by atoms with van der Waals surface area (Å²) in [5.41, 5.74) is 0.754. The van der Waals surface area contributed by atoms with Crippen molar-refractivity contribution in [3.63, 3.8) is 0 Å². The number of hydrogen-bond acceptors (Lipinski definition) is 5. The van der Waals surface area contributed by atoms with E-state index in [1.807, 2.05) is 12.1 Å². The minimum Gasteiger partial charge on any atom is -0.443 e. The van der Waals surface area contributed by atoms with Gasteiger partial charge < -0.3 is 9.57 Å². The van der Waals surface area contributed by atoms with Crippen LogP contribution in [-0.2, 0) is 4.74 Å². The highest BCUT2D eigenvalue weighted by Gasteiger charge is 2.23. The molecule has 0 unspecified atom stereocenters. The second-order valence-corrected chi connectivity index (χ2v) is 6.67. The van der Waals surface area contributed by atoms with E-state index in [1.54, 1.807) is 39.1 Å². The highest BCUT2D eigenvalue weighted by atomic mass is 16.7. The van der Waals surface area contributed by atoms with Crippen LogP contribution in [-0.4, -0.2) is 34.8 Å². The molecular formula is C18H24N4O3. The summed E-state index contributed by atoms with van der Waals surface area (Å²) in [5.74, 6) is 0. The third-order valence-electron chi connectivity index (χ3n) is 3.38. The number of anilines is 1. The number of unbranched alkanes of at least 4 members (excludes halogenated alkanes) is 1. The quantitative estimate of drug-likeness (QED) is 0.591. The van der Waals surface area contributed by atoms with Crippen LogP contribution in [0.15, 0.2) is 24.4 Å². The van der Waals surface area contributed by atoms with Gasteiger partial charge in [0.15, 0.2) is 0 Å². The number of fused-ring (bicyclic) bond motifs is 1. The van der Waals surface area contributed by atoms with Crippen LogP contribution in [0.1, 0.15) is 40.5 Å². The molecule has 2 aromatic rings. The zero-order valence-corrected chi connectivity index (χ0v) is 15.2. The van der Waals surface area contributed by atoms with Gasteiger partial charge >= 0.3 is 6.09 Å². The molecule has 2 rings (SSSR count). The van der Waals surface area contributed by atoms with Crippen molar-refractivity contribution >= 4 is 22.7 Å². The fourth-order valence-corrected chi connectivity index (χ4v) is 2.21. The normalized spacial score (nSPS) is 11.2. The number of carbonyl (C=O) groups excluding carboxylic acids is 1.